The molecule has 1 aromatic heterocycles. The van der Waals surface area contributed by atoms with Gasteiger partial charge in [-0.2, -0.15) is 4.98 Å². The van der Waals surface area contributed by atoms with Gasteiger partial charge in [0.15, 0.2) is 0 Å². The van der Waals surface area contributed by atoms with E-state index in [1.165, 1.54) is 10.8 Å². The van der Waals surface area contributed by atoms with Crippen molar-refractivity contribution in [3.8, 4) is 11.8 Å². The van der Waals surface area contributed by atoms with E-state index in [-0.39, 0.29) is 37.7 Å². The summed E-state index contributed by atoms with van der Waals surface area (Å²) in [6, 6.07) is 0. The van der Waals surface area contributed by atoms with E-state index < -0.39 is 24.1 Å². The lowest BCUT2D eigenvalue weighted by atomic mass is 10.2. The molecule has 148 valence electrons. The number of carbonyl (C=O) groups is 1. The molecule has 1 aliphatic heterocycles. The number of anilines is 1. The molecule has 1 saturated heterocycles. The Kier molecular flexibility index (Phi) is 7.75. The van der Waals surface area contributed by atoms with Crippen LogP contribution >= 0.6 is 0 Å². The number of rotatable bonds is 7. The topological polar surface area (TPSA) is 166 Å². The fourth-order valence-electron chi connectivity index (χ4n) is 2.63. The van der Waals surface area contributed by atoms with Crippen molar-refractivity contribution >= 4 is 11.7 Å². The Morgan fingerprint density at radius 1 is 1.48 bits per heavy atom. The summed E-state index contributed by atoms with van der Waals surface area (Å²) in [6.45, 7) is 0.318. The lowest BCUT2D eigenvalue weighted by Gasteiger charge is -2.15. The van der Waals surface area contributed by atoms with Crippen molar-refractivity contribution in [1.82, 2.24) is 14.9 Å². The second kappa shape index (κ2) is 10.0. The van der Waals surface area contributed by atoms with Gasteiger partial charge in [-0.05, 0) is 13.0 Å². The average molecular weight is 379 g/mol. The molecule has 10 nitrogen and oxygen atoms in total. The molecule has 0 aliphatic carbocycles. The van der Waals surface area contributed by atoms with Crippen LogP contribution in [-0.2, 0) is 16.0 Å². The Bertz CT molecular complexity index is 769. The van der Waals surface area contributed by atoms with Gasteiger partial charge in [0.2, 0.25) is 5.91 Å². The summed E-state index contributed by atoms with van der Waals surface area (Å²) in [6.07, 6.45) is 0.538. The fourth-order valence-corrected chi connectivity index (χ4v) is 2.63. The number of nitrogen functional groups attached to an aromatic ring is 1. The summed E-state index contributed by atoms with van der Waals surface area (Å²) in [7, 11) is 0. The number of hydrogen-bond acceptors (Lipinski definition) is 8. The van der Waals surface area contributed by atoms with Crippen molar-refractivity contribution in [1.29, 1.82) is 0 Å². The lowest BCUT2D eigenvalue weighted by Crippen LogP contribution is -2.29. The molecule has 0 bridgehead atoms. The van der Waals surface area contributed by atoms with Gasteiger partial charge in [-0.1, -0.05) is 11.8 Å². The smallest absolute Gasteiger partial charge is 0.351 e. The number of nitrogens with one attached hydrogen (secondary N) is 1. The van der Waals surface area contributed by atoms with E-state index >= 15 is 0 Å². The Hall–Kier alpha value is -2.45. The molecule has 2 rings (SSSR count). The summed E-state index contributed by atoms with van der Waals surface area (Å²) in [5.41, 5.74) is 11.0. The Morgan fingerprint density at radius 2 is 2.26 bits per heavy atom. The van der Waals surface area contributed by atoms with E-state index in [2.05, 4.69) is 22.1 Å². The van der Waals surface area contributed by atoms with Gasteiger partial charge < -0.3 is 31.7 Å². The van der Waals surface area contributed by atoms with Gasteiger partial charge >= 0.3 is 5.69 Å². The molecule has 10 heteroatoms. The summed E-state index contributed by atoms with van der Waals surface area (Å²) in [5.74, 6) is 5.63. The number of aliphatic hydroxyl groups is 2. The Labute approximate surface area is 156 Å². The fraction of sp³-hybridized carbons (Fsp3) is 0.588. The summed E-state index contributed by atoms with van der Waals surface area (Å²) in [5, 5.41) is 21.6. The molecule has 0 saturated carbocycles. The zero-order valence-corrected chi connectivity index (χ0v) is 14.9. The number of aliphatic hydroxyl groups excluding tert-OH is 2. The molecule has 1 amide bonds. The minimum Gasteiger partial charge on any atom is -0.394 e. The third kappa shape index (κ3) is 5.77. The molecular formula is C17H25N5O5. The van der Waals surface area contributed by atoms with Crippen LogP contribution in [0.5, 0.6) is 0 Å². The maximum absolute atomic E-state index is 12.1. The van der Waals surface area contributed by atoms with Crippen LogP contribution < -0.4 is 22.5 Å². The molecule has 1 aliphatic rings. The first-order valence-electron chi connectivity index (χ1n) is 8.70. The van der Waals surface area contributed by atoms with Gasteiger partial charge in [-0.3, -0.25) is 9.36 Å². The molecule has 2 heterocycles. The van der Waals surface area contributed by atoms with Crippen LogP contribution in [0.2, 0.25) is 0 Å². The van der Waals surface area contributed by atoms with Crippen LogP contribution in [0.15, 0.2) is 11.0 Å². The van der Waals surface area contributed by atoms with Gasteiger partial charge in [0, 0.05) is 31.0 Å². The van der Waals surface area contributed by atoms with Crippen LogP contribution in [0, 0.1) is 11.8 Å². The third-order valence-electron chi connectivity index (χ3n) is 4.14. The van der Waals surface area contributed by atoms with Crippen molar-refractivity contribution in [2.45, 2.75) is 44.1 Å². The van der Waals surface area contributed by atoms with Gasteiger partial charge in [0.05, 0.1) is 19.3 Å². The highest BCUT2D eigenvalue weighted by Crippen LogP contribution is 2.27. The van der Waals surface area contributed by atoms with Crippen LogP contribution in [0.3, 0.4) is 0 Å². The molecule has 0 unspecified atom stereocenters. The van der Waals surface area contributed by atoms with Crippen LogP contribution in [0.25, 0.3) is 0 Å². The monoisotopic (exact) mass is 379 g/mol. The lowest BCUT2D eigenvalue weighted by molar-refractivity contribution is -0.120. The predicted molar refractivity (Wildman–Crippen MR) is 97.3 cm³/mol. The van der Waals surface area contributed by atoms with E-state index in [0.29, 0.717) is 24.9 Å². The first kappa shape index (κ1) is 20.9. The second-order valence-electron chi connectivity index (χ2n) is 6.16. The Morgan fingerprint density at radius 3 is 2.93 bits per heavy atom. The van der Waals surface area contributed by atoms with Crippen LogP contribution in [-0.4, -0.2) is 57.6 Å². The molecule has 0 radical (unpaired) electrons. The molecule has 7 N–H and O–H groups in total. The molecular weight excluding hydrogens is 354 g/mol. The average Bonchev–Trinajstić information content (AvgIpc) is 3.01. The molecule has 1 aromatic rings. The van der Waals surface area contributed by atoms with Crippen molar-refractivity contribution in [3.05, 3.63) is 22.2 Å². The molecule has 0 spiro atoms. The Balaban J connectivity index is 1.99. The van der Waals surface area contributed by atoms with E-state index in [0.717, 1.165) is 0 Å². The number of aromatic nitrogens is 2. The highest BCUT2D eigenvalue weighted by atomic mass is 16.5. The van der Waals surface area contributed by atoms with Gasteiger partial charge in [0.1, 0.15) is 18.1 Å². The van der Waals surface area contributed by atoms with Crippen molar-refractivity contribution < 1.29 is 19.7 Å². The predicted octanol–water partition coefficient (Wildman–Crippen LogP) is -2.13. The first-order chi connectivity index (χ1) is 13.0. The van der Waals surface area contributed by atoms with Crippen LogP contribution in [0.1, 0.15) is 31.1 Å². The molecule has 3 atom stereocenters. The third-order valence-corrected chi connectivity index (χ3v) is 4.14. The molecule has 0 aromatic carbocycles. The SMILES string of the molecule is NCCCC(=O)NCC#CCc1cn([C@H]2C[C@H](O)[C@@H](CO)O2)c(=O)nc1N. The highest BCUT2D eigenvalue weighted by Gasteiger charge is 2.35. The van der Waals surface area contributed by atoms with E-state index in [1.807, 2.05) is 0 Å². The minimum atomic E-state index is -0.865. The number of ether oxygens (including phenoxy) is 1. The first-order valence-corrected chi connectivity index (χ1v) is 8.70. The number of hydrogen-bond donors (Lipinski definition) is 5. The zero-order valence-electron chi connectivity index (χ0n) is 14.9. The standard InChI is InChI=1S/C17H25N5O5/c18-6-3-5-14(25)20-7-2-1-4-11-9-22(17(26)21-16(11)19)15-8-12(24)13(10-23)27-15/h9,12-13,15,23-24H,3-8,10,18H2,(H,20,25)(H2,19,21,26)/t12-,13+,15+/m0/s1. The molecule has 27 heavy (non-hydrogen) atoms. The van der Waals surface area contributed by atoms with E-state index in [9.17, 15) is 14.7 Å². The summed E-state index contributed by atoms with van der Waals surface area (Å²) >= 11 is 0. The van der Waals surface area contributed by atoms with Crippen molar-refractivity contribution in [2.24, 2.45) is 5.73 Å². The van der Waals surface area contributed by atoms with Crippen LogP contribution in [0.4, 0.5) is 5.82 Å². The van der Waals surface area contributed by atoms with Gasteiger partial charge in [-0.25, -0.2) is 4.79 Å². The summed E-state index contributed by atoms with van der Waals surface area (Å²) in [4.78, 5) is 27.3. The second-order valence-corrected chi connectivity index (χ2v) is 6.16. The number of carbonyl (C=O) groups excluding carboxylic acids is 1. The quantitative estimate of drug-likeness (QED) is 0.335. The summed E-state index contributed by atoms with van der Waals surface area (Å²) < 4.78 is 6.71. The highest BCUT2D eigenvalue weighted by molar-refractivity contribution is 5.76. The van der Waals surface area contributed by atoms with E-state index in [1.54, 1.807) is 0 Å². The number of nitrogens with two attached hydrogens (primary N) is 2. The van der Waals surface area contributed by atoms with E-state index in [4.69, 9.17) is 21.3 Å². The number of amides is 1. The van der Waals surface area contributed by atoms with Crippen molar-refractivity contribution in [3.63, 3.8) is 0 Å². The number of nitrogens with zero attached hydrogens (tertiary/aromatic N) is 2. The largest absolute Gasteiger partial charge is 0.394 e. The molecule has 1 fully saturated rings. The zero-order chi connectivity index (χ0) is 19.8. The van der Waals surface area contributed by atoms with Gasteiger partial charge in [0.25, 0.3) is 0 Å². The van der Waals surface area contributed by atoms with Crippen molar-refractivity contribution in [2.75, 3.05) is 25.4 Å². The maximum Gasteiger partial charge on any atom is 0.351 e. The van der Waals surface area contributed by atoms with Gasteiger partial charge in [-0.15, -0.1) is 0 Å². The minimum absolute atomic E-state index is 0.0646. The normalized spacial score (nSPS) is 21.5. The maximum atomic E-state index is 12.1.